The Balaban J connectivity index is 2.11. The van der Waals surface area contributed by atoms with Gasteiger partial charge in [-0.2, -0.15) is 0 Å². The molecular weight excluding hydrogens is 226 g/mol. The Bertz CT molecular complexity index is 620. The standard InChI is InChI=1S/C14H13N3O/c15-13-6-10-7-17-14(9-1-3-16-4-2-9)12(10)5-11(13)8-18/h1-6,18H,7-8,15H2. The van der Waals surface area contributed by atoms with Crippen molar-refractivity contribution in [3.8, 4) is 0 Å². The first-order valence-electron chi connectivity index (χ1n) is 5.77. The van der Waals surface area contributed by atoms with Crippen molar-refractivity contribution in [1.29, 1.82) is 0 Å². The lowest BCUT2D eigenvalue weighted by Crippen LogP contribution is -2.04. The minimum absolute atomic E-state index is 0.0528. The molecule has 4 heteroatoms. The molecule has 3 N–H and O–H groups in total. The largest absolute Gasteiger partial charge is 0.398 e. The summed E-state index contributed by atoms with van der Waals surface area (Å²) in [6.07, 6.45) is 3.50. The van der Waals surface area contributed by atoms with E-state index in [9.17, 15) is 5.11 Å². The summed E-state index contributed by atoms with van der Waals surface area (Å²) in [7, 11) is 0. The quantitative estimate of drug-likeness (QED) is 0.780. The van der Waals surface area contributed by atoms with E-state index in [1.54, 1.807) is 12.4 Å². The number of hydrogen-bond acceptors (Lipinski definition) is 4. The van der Waals surface area contributed by atoms with Crippen LogP contribution in [0.3, 0.4) is 0 Å². The highest BCUT2D eigenvalue weighted by atomic mass is 16.3. The number of benzene rings is 1. The number of aliphatic imine (C=N–C) groups is 1. The van der Waals surface area contributed by atoms with E-state index in [1.165, 1.54) is 0 Å². The van der Waals surface area contributed by atoms with Crippen LogP contribution in [0.5, 0.6) is 0 Å². The molecule has 0 bridgehead atoms. The molecule has 2 aromatic rings. The second-order valence-electron chi connectivity index (χ2n) is 4.27. The van der Waals surface area contributed by atoms with Crippen LogP contribution in [-0.2, 0) is 13.2 Å². The van der Waals surface area contributed by atoms with E-state index in [4.69, 9.17) is 5.73 Å². The number of anilines is 1. The third kappa shape index (κ3) is 1.67. The van der Waals surface area contributed by atoms with Crippen molar-refractivity contribution in [1.82, 2.24) is 4.98 Å². The molecule has 4 nitrogen and oxygen atoms in total. The van der Waals surface area contributed by atoms with Crippen LogP contribution in [0, 0.1) is 0 Å². The Hall–Kier alpha value is -2.20. The molecule has 0 saturated heterocycles. The number of fused-ring (bicyclic) bond motifs is 1. The SMILES string of the molecule is Nc1cc2c(cc1CO)C(c1ccncc1)=NC2. The summed E-state index contributed by atoms with van der Waals surface area (Å²) >= 11 is 0. The predicted molar refractivity (Wildman–Crippen MR) is 70.4 cm³/mol. The lowest BCUT2D eigenvalue weighted by Gasteiger charge is -2.08. The zero-order valence-corrected chi connectivity index (χ0v) is 9.80. The van der Waals surface area contributed by atoms with Crippen LogP contribution in [0.15, 0.2) is 41.7 Å². The molecule has 2 heterocycles. The Labute approximate surface area is 105 Å². The number of nitrogens with zero attached hydrogens (tertiary/aromatic N) is 2. The summed E-state index contributed by atoms with van der Waals surface area (Å²) in [5.74, 6) is 0. The Morgan fingerprint density at radius 2 is 2.00 bits per heavy atom. The van der Waals surface area contributed by atoms with Crippen molar-refractivity contribution >= 4 is 11.4 Å². The van der Waals surface area contributed by atoms with Crippen molar-refractivity contribution in [2.45, 2.75) is 13.2 Å². The van der Waals surface area contributed by atoms with Crippen molar-refractivity contribution in [3.05, 3.63) is 58.9 Å². The van der Waals surface area contributed by atoms with Crippen molar-refractivity contribution in [2.24, 2.45) is 4.99 Å². The molecule has 0 spiro atoms. The van der Waals surface area contributed by atoms with Gasteiger partial charge in [-0.15, -0.1) is 0 Å². The van der Waals surface area contributed by atoms with Gasteiger partial charge in [-0.3, -0.25) is 9.98 Å². The van der Waals surface area contributed by atoms with Gasteiger partial charge in [0.2, 0.25) is 0 Å². The van der Waals surface area contributed by atoms with Gasteiger partial charge in [-0.25, -0.2) is 0 Å². The average molecular weight is 239 g/mol. The van der Waals surface area contributed by atoms with Crippen molar-refractivity contribution in [3.63, 3.8) is 0 Å². The van der Waals surface area contributed by atoms with Crippen LogP contribution in [0.25, 0.3) is 0 Å². The van der Waals surface area contributed by atoms with Gasteiger partial charge in [-0.1, -0.05) is 0 Å². The van der Waals surface area contributed by atoms with Gasteiger partial charge < -0.3 is 10.8 Å². The summed E-state index contributed by atoms with van der Waals surface area (Å²) < 4.78 is 0. The molecule has 0 saturated carbocycles. The highest BCUT2D eigenvalue weighted by Crippen LogP contribution is 2.27. The number of rotatable bonds is 2. The molecule has 0 fully saturated rings. The normalized spacial score (nSPS) is 13.3. The lowest BCUT2D eigenvalue weighted by atomic mass is 9.97. The number of hydrogen-bond donors (Lipinski definition) is 2. The fourth-order valence-corrected chi connectivity index (χ4v) is 2.20. The van der Waals surface area contributed by atoms with Crippen LogP contribution in [-0.4, -0.2) is 15.8 Å². The number of aliphatic hydroxyl groups is 1. The number of pyridine rings is 1. The topological polar surface area (TPSA) is 71.5 Å². The minimum Gasteiger partial charge on any atom is -0.398 e. The summed E-state index contributed by atoms with van der Waals surface area (Å²) in [5, 5.41) is 9.28. The number of nitrogens with two attached hydrogens (primary N) is 1. The number of nitrogen functional groups attached to an aromatic ring is 1. The van der Waals surface area contributed by atoms with E-state index in [0.29, 0.717) is 12.2 Å². The van der Waals surface area contributed by atoms with Gasteiger partial charge in [0, 0.05) is 34.8 Å². The lowest BCUT2D eigenvalue weighted by molar-refractivity contribution is 0.282. The molecule has 0 amide bonds. The van der Waals surface area contributed by atoms with E-state index in [2.05, 4.69) is 9.98 Å². The Morgan fingerprint density at radius 1 is 1.22 bits per heavy atom. The fraction of sp³-hybridized carbons (Fsp3) is 0.143. The second kappa shape index (κ2) is 4.23. The highest BCUT2D eigenvalue weighted by Gasteiger charge is 2.19. The molecule has 0 aliphatic carbocycles. The zero-order valence-electron chi connectivity index (χ0n) is 9.80. The predicted octanol–water partition coefficient (Wildman–Crippen LogP) is 1.51. The third-order valence-corrected chi connectivity index (χ3v) is 3.15. The van der Waals surface area contributed by atoms with Crippen LogP contribution < -0.4 is 5.73 Å². The summed E-state index contributed by atoms with van der Waals surface area (Å²) in [6.45, 7) is 0.589. The number of aliphatic hydroxyl groups excluding tert-OH is 1. The van der Waals surface area contributed by atoms with Crippen LogP contribution >= 0.6 is 0 Å². The third-order valence-electron chi connectivity index (χ3n) is 3.15. The maximum absolute atomic E-state index is 9.28. The summed E-state index contributed by atoms with van der Waals surface area (Å²) in [4.78, 5) is 8.55. The van der Waals surface area contributed by atoms with E-state index < -0.39 is 0 Å². The molecule has 90 valence electrons. The molecule has 3 rings (SSSR count). The molecule has 18 heavy (non-hydrogen) atoms. The molecule has 1 aliphatic heterocycles. The Morgan fingerprint density at radius 3 is 2.72 bits per heavy atom. The summed E-state index contributed by atoms with van der Waals surface area (Å²) in [5.41, 5.74) is 11.4. The zero-order chi connectivity index (χ0) is 12.5. The second-order valence-corrected chi connectivity index (χ2v) is 4.27. The average Bonchev–Trinajstić information content (AvgIpc) is 2.81. The van der Waals surface area contributed by atoms with Crippen LogP contribution in [0.4, 0.5) is 5.69 Å². The molecule has 1 aliphatic rings. The molecule has 0 atom stereocenters. The van der Waals surface area contributed by atoms with Gasteiger partial charge in [0.1, 0.15) is 0 Å². The summed E-state index contributed by atoms with van der Waals surface area (Å²) in [6, 6.07) is 7.70. The van der Waals surface area contributed by atoms with Gasteiger partial charge in [-0.05, 0) is 29.8 Å². The molecule has 0 radical (unpaired) electrons. The smallest absolute Gasteiger partial charge is 0.0727 e. The number of aromatic nitrogens is 1. The first-order chi connectivity index (χ1) is 8.79. The van der Waals surface area contributed by atoms with Gasteiger partial charge >= 0.3 is 0 Å². The van der Waals surface area contributed by atoms with Gasteiger partial charge in [0.05, 0.1) is 18.9 Å². The molecular formula is C14H13N3O. The maximum atomic E-state index is 9.28. The fourth-order valence-electron chi connectivity index (χ4n) is 2.20. The first kappa shape index (κ1) is 10.9. The van der Waals surface area contributed by atoms with Crippen LogP contribution in [0.2, 0.25) is 0 Å². The van der Waals surface area contributed by atoms with E-state index in [0.717, 1.165) is 28.0 Å². The van der Waals surface area contributed by atoms with E-state index in [-0.39, 0.29) is 6.61 Å². The maximum Gasteiger partial charge on any atom is 0.0727 e. The van der Waals surface area contributed by atoms with Gasteiger partial charge in [0.25, 0.3) is 0 Å². The Kier molecular flexibility index (Phi) is 2.57. The van der Waals surface area contributed by atoms with Crippen LogP contribution in [0.1, 0.15) is 22.3 Å². The van der Waals surface area contributed by atoms with E-state index >= 15 is 0 Å². The van der Waals surface area contributed by atoms with Crippen molar-refractivity contribution < 1.29 is 5.11 Å². The van der Waals surface area contributed by atoms with E-state index in [1.807, 2.05) is 24.3 Å². The minimum atomic E-state index is -0.0528. The monoisotopic (exact) mass is 239 g/mol. The first-order valence-corrected chi connectivity index (χ1v) is 5.77. The molecule has 1 aromatic heterocycles. The molecule has 1 aromatic carbocycles. The van der Waals surface area contributed by atoms with Crippen molar-refractivity contribution in [2.75, 3.05) is 5.73 Å². The van der Waals surface area contributed by atoms with Gasteiger partial charge in [0.15, 0.2) is 0 Å². The molecule has 0 unspecified atom stereocenters. The highest BCUT2D eigenvalue weighted by molar-refractivity contribution is 6.15.